The minimum absolute atomic E-state index is 0.247. The first kappa shape index (κ1) is 20.6. The number of benzene rings is 1. The van der Waals surface area contributed by atoms with E-state index in [0.29, 0.717) is 55.7 Å². The highest BCUT2D eigenvalue weighted by Crippen LogP contribution is 2.29. The van der Waals surface area contributed by atoms with Gasteiger partial charge in [0.15, 0.2) is 11.6 Å². The maximum atomic E-state index is 14.8. The number of anilines is 1. The Hall–Kier alpha value is -3.33. The maximum Gasteiger partial charge on any atom is 0.317 e. The second kappa shape index (κ2) is 7.98. The van der Waals surface area contributed by atoms with Crippen LogP contribution in [0.25, 0.3) is 16.6 Å². The summed E-state index contributed by atoms with van der Waals surface area (Å²) in [5.41, 5.74) is 1.19. The van der Waals surface area contributed by atoms with Crippen LogP contribution in [0.5, 0.6) is 0 Å². The molecule has 0 atom stereocenters. The van der Waals surface area contributed by atoms with Gasteiger partial charge in [-0.15, -0.1) is 0 Å². The third-order valence-electron chi connectivity index (χ3n) is 6.29. The van der Waals surface area contributed by atoms with Crippen LogP contribution < -0.4 is 16.0 Å². The first-order chi connectivity index (χ1) is 15.4. The number of aryl methyl sites for hydroxylation is 1. The van der Waals surface area contributed by atoms with Crippen LogP contribution in [0.2, 0.25) is 0 Å². The predicted octanol–water partition coefficient (Wildman–Crippen LogP) is 2.63. The van der Waals surface area contributed by atoms with Gasteiger partial charge in [0.25, 0.3) is 0 Å². The minimum Gasteiger partial charge on any atom is -0.373 e. The van der Waals surface area contributed by atoms with Crippen molar-refractivity contribution in [3.63, 3.8) is 0 Å². The van der Waals surface area contributed by atoms with Crippen LogP contribution in [0.3, 0.4) is 0 Å². The average Bonchev–Trinajstić information content (AvgIpc) is 3.34. The SMILES string of the molecule is Cn1c(=O)c(=O)n(C2CCN(c3ncc(C4=CCOC4)cc3F)CC2)c2ccc(F)cc21. The number of piperidine rings is 1. The average molecular weight is 440 g/mol. The number of fused-ring (bicyclic) bond motifs is 1. The van der Waals surface area contributed by atoms with Gasteiger partial charge < -0.3 is 14.2 Å². The van der Waals surface area contributed by atoms with E-state index >= 15 is 0 Å². The molecule has 2 aliphatic rings. The number of hydrogen-bond donors (Lipinski definition) is 0. The molecule has 0 spiro atoms. The van der Waals surface area contributed by atoms with E-state index in [4.69, 9.17) is 4.74 Å². The molecule has 0 saturated carbocycles. The van der Waals surface area contributed by atoms with Gasteiger partial charge >= 0.3 is 11.1 Å². The molecule has 9 heteroatoms. The normalized spacial score (nSPS) is 17.2. The lowest BCUT2D eigenvalue weighted by Crippen LogP contribution is -2.45. The Bertz CT molecular complexity index is 1350. The van der Waals surface area contributed by atoms with Crippen molar-refractivity contribution in [3.05, 3.63) is 74.4 Å². The topological polar surface area (TPSA) is 69.4 Å². The lowest BCUT2D eigenvalue weighted by molar-refractivity contribution is 0.216. The number of halogens is 2. The van der Waals surface area contributed by atoms with Crippen LogP contribution in [0, 0.1) is 11.6 Å². The summed E-state index contributed by atoms with van der Waals surface area (Å²) < 4.78 is 36.5. The Kier molecular flexibility index (Phi) is 5.13. The van der Waals surface area contributed by atoms with Crippen LogP contribution in [-0.4, -0.2) is 40.4 Å². The number of pyridine rings is 1. The second-order valence-electron chi connectivity index (χ2n) is 8.16. The van der Waals surface area contributed by atoms with Crippen LogP contribution in [0.4, 0.5) is 14.6 Å². The van der Waals surface area contributed by atoms with Crippen molar-refractivity contribution in [1.82, 2.24) is 14.1 Å². The number of ether oxygens (including phenoxy) is 1. The maximum absolute atomic E-state index is 14.8. The van der Waals surface area contributed by atoms with Crippen molar-refractivity contribution in [1.29, 1.82) is 0 Å². The van der Waals surface area contributed by atoms with E-state index in [1.54, 1.807) is 6.20 Å². The number of hydrogen-bond acceptors (Lipinski definition) is 5. The smallest absolute Gasteiger partial charge is 0.317 e. The number of nitrogens with zero attached hydrogens (tertiary/aromatic N) is 4. The van der Waals surface area contributed by atoms with Gasteiger partial charge in [-0.25, -0.2) is 13.8 Å². The molecule has 0 amide bonds. The van der Waals surface area contributed by atoms with Crippen LogP contribution in [-0.2, 0) is 11.8 Å². The molecule has 2 aliphatic heterocycles. The van der Waals surface area contributed by atoms with Gasteiger partial charge in [-0.2, -0.15) is 0 Å². The molecule has 1 fully saturated rings. The summed E-state index contributed by atoms with van der Waals surface area (Å²) >= 11 is 0. The zero-order chi connectivity index (χ0) is 22.4. The Labute approximate surface area is 182 Å². The summed E-state index contributed by atoms with van der Waals surface area (Å²) in [5.74, 6) is -0.604. The molecule has 0 bridgehead atoms. The molecule has 3 aromatic rings. The van der Waals surface area contributed by atoms with Gasteiger partial charge in [0, 0.05) is 37.9 Å². The molecular formula is C23H22F2N4O3. The summed E-state index contributed by atoms with van der Waals surface area (Å²) in [5, 5.41) is 0. The predicted molar refractivity (Wildman–Crippen MR) is 117 cm³/mol. The summed E-state index contributed by atoms with van der Waals surface area (Å²) in [6.07, 6.45) is 4.63. The molecule has 0 unspecified atom stereocenters. The molecule has 2 aromatic heterocycles. The van der Waals surface area contributed by atoms with E-state index in [1.165, 1.54) is 40.4 Å². The summed E-state index contributed by atoms with van der Waals surface area (Å²) in [4.78, 5) is 31.4. The van der Waals surface area contributed by atoms with E-state index in [9.17, 15) is 18.4 Å². The van der Waals surface area contributed by atoms with Gasteiger partial charge in [0.2, 0.25) is 0 Å². The summed E-state index contributed by atoms with van der Waals surface area (Å²) in [7, 11) is 1.46. The quantitative estimate of drug-likeness (QED) is 0.586. The first-order valence-electron chi connectivity index (χ1n) is 10.5. The van der Waals surface area contributed by atoms with Gasteiger partial charge in [0.05, 0.1) is 24.2 Å². The molecule has 1 aromatic carbocycles. The van der Waals surface area contributed by atoms with Crippen molar-refractivity contribution >= 4 is 22.4 Å². The van der Waals surface area contributed by atoms with Gasteiger partial charge in [-0.1, -0.05) is 6.08 Å². The fourth-order valence-electron chi connectivity index (χ4n) is 4.56. The summed E-state index contributed by atoms with van der Waals surface area (Å²) in [6.45, 7) is 1.93. The molecule has 32 heavy (non-hydrogen) atoms. The Balaban J connectivity index is 1.42. The van der Waals surface area contributed by atoms with Crippen molar-refractivity contribution in [2.45, 2.75) is 18.9 Å². The molecule has 0 aliphatic carbocycles. The molecule has 166 valence electrons. The highest BCUT2D eigenvalue weighted by molar-refractivity contribution is 5.75. The van der Waals surface area contributed by atoms with Crippen LogP contribution >= 0.6 is 0 Å². The first-order valence-corrected chi connectivity index (χ1v) is 10.5. The van der Waals surface area contributed by atoms with Crippen LogP contribution in [0.1, 0.15) is 24.4 Å². The fraction of sp³-hybridized carbons (Fsp3) is 0.348. The zero-order valence-corrected chi connectivity index (χ0v) is 17.6. The van der Waals surface area contributed by atoms with E-state index in [2.05, 4.69) is 4.98 Å². The van der Waals surface area contributed by atoms with Crippen molar-refractivity contribution in [3.8, 4) is 0 Å². The molecule has 5 rings (SSSR count). The van der Waals surface area contributed by atoms with Crippen molar-refractivity contribution in [2.24, 2.45) is 7.05 Å². The molecular weight excluding hydrogens is 418 g/mol. The largest absolute Gasteiger partial charge is 0.373 e. The van der Waals surface area contributed by atoms with Gasteiger partial charge in [-0.3, -0.25) is 14.2 Å². The fourth-order valence-corrected chi connectivity index (χ4v) is 4.56. The highest BCUT2D eigenvalue weighted by atomic mass is 19.1. The number of aromatic nitrogens is 3. The molecule has 0 radical (unpaired) electrons. The Morgan fingerprint density at radius 3 is 2.53 bits per heavy atom. The van der Waals surface area contributed by atoms with E-state index < -0.39 is 22.8 Å². The van der Waals surface area contributed by atoms with Crippen LogP contribution in [0.15, 0.2) is 46.1 Å². The lowest BCUT2D eigenvalue weighted by Gasteiger charge is -2.34. The van der Waals surface area contributed by atoms with E-state index in [0.717, 1.165) is 5.57 Å². The molecule has 7 nitrogen and oxygen atoms in total. The molecule has 4 heterocycles. The zero-order valence-electron chi connectivity index (χ0n) is 17.6. The van der Waals surface area contributed by atoms with Gasteiger partial charge in [0.1, 0.15) is 5.82 Å². The van der Waals surface area contributed by atoms with E-state index in [-0.39, 0.29) is 11.9 Å². The van der Waals surface area contributed by atoms with Crippen molar-refractivity contribution < 1.29 is 13.5 Å². The third-order valence-corrected chi connectivity index (χ3v) is 6.29. The molecule has 0 N–H and O–H groups in total. The Morgan fingerprint density at radius 2 is 1.84 bits per heavy atom. The number of rotatable bonds is 3. The summed E-state index contributed by atoms with van der Waals surface area (Å²) in [6, 6.07) is 5.29. The lowest BCUT2D eigenvalue weighted by atomic mass is 10.0. The van der Waals surface area contributed by atoms with E-state index in [1.807, 2.05) is 11.0 Å². The molecule has 1 saturated heterocycles. The minimum atomic E-state index is -0.695. The second-order valence-corrected chi connectivity index (χ2v) is 8.16. The van der Waals surface area contributed by atoms with Gasteiger partial charge in [-0.05, 0) is 42.7 Å². The van der Waals surface area contributed by atoms with Crippen molar-refractivity contribution in [2.75, 3.05) is 31.2 Å². The third kappa shape index (κ3) is 3.42. The highest BCUT2D eigenvalue weighted by Gasteiger charge is 2.26. The Morgan fingerprint density at radius 1 is 1.06 bits per heavy atom. The standard InChI is InChI=1S/C23H22F2N4O3/c1-27-20-11-16(24)2-3-19(20)29(23(31)22(27)30)17-4-7-28(8-5-17)21-18(25)10-15(12-26-21)14-6-9-32-13-14/h2-3,6,10-12,17H,4-5,7-9,13H2,1H3. The monoisotopic (exact) mass is 440 g/mol.